The van der Waals surface area contributed by atoms with E-state index < -0.39 is 0 Å². The molecule has 64 heavy (non-hydrogen) atoms. The molecule has 0 bridgehead atoms. The summed E-state index contributed by atoms with van der Waals surface area (Å²) >= 11 is 0. The third-order valence-electron chi connectivity index (χ3n) is 12.4. The van der Waals surface area contributed by atoms with Crippen LogP contribution in [0.25, 0.3) is 65.3 Å². The molecular weight excluding hydrogens is 781 g/mol. The molecule has 0 aliphatic carbocycles. The summed E-state index contributed by atoms with van der Waals surface area (Å²) < 4.78 is 11.5. The van der Waals surface area contributed by atoms with E-state index in [2.05, 4.69) is 228 Å². The second-order valence-electron chi connectivity index (χ2n) is 16.0. The molecule has 0 amide bonds. The number of anilines is 6. The molecule has 0 unspecified atom stereocenters. The van der Waals surface area contributed by atoms with Gasteiger partial charge in [0.05, 0.1) is 37.0 Å². The summed E-state index contributed by atoms with van der Waals surface area (Å²) in [5, 5.41) is 9.24. The van der Waals surface area contributed by atoms with Gasteiger partial charge in [0.15, 0.2) is 0 Å². The zero-order valence-corrected chi connectivity index (χ0v) is 35.7. The summed E-state index contributed by atoms with van der Waals surface area (Å²) in [4.78, 5) is 4.74. The first kappa shape index (κ1) is 38.6. The summed E-state index contributed by atoms with van der Waals surface area (Å²) in [6.45, 7) is 0. The lowest BCUT2D eigenvalue weighted by atomic mass is 9.99. The lowest BCUT2D eigenvalue weighted by molar-refractivity contribution is 0.415. The van der Waals surface area contributed by atoms with Crippen molar-refractivity contribution < 1.29 is 9.47 Å². The minimum Gasteiger partial charge on any atom is -0.497 e. The van der Waals surface area contributed by atoms with Crippen molar-refractivity contribution >= 4 is 77.2 Å². The third kappa shape index (κ3) is 6.92. The molecular formula is C60H44N2O2. The first-order valence-electron chi connectivity index (χ1n) is 21.6. The highest BCUT2D eigenvalue weighted by Gasteiger charge is 2.21. The van der Waals surface area contributed by atoms with Crippen molar-refractivity contribution in [2.75, 3.05) is 24.0 Å². The Morgan fingerprint density at radius 3 is 1.19 bits per heavy atom. The van der Waals surface area contributed by atoms with Gasteiger partial charge in [-0.25, -0.2) is 0 Å². The average molecular weight is 825 g/mol. The van der Waals surface area contributed by atoms with Crippen molar-refractivity contribution in [3.05, 3.63) is 231 Å². The van der Waals surface area contributed by atoms with Gasteiger partial charge in [0.25, 0.3) is 0 Å². The molecule has 4 heteroatoms. The molecule has 0 spiro atoms. The van der Waals surface area contributed by atoms with E-state index in [1.807, 2.05) is 12.1 Å². The van der Waals surface area contributed by atoms with Crippen LogP contribution in [0.3, 0.4) is 0 Å². The topological polar surface area (TPSA) is 24.9 Å². The van der Waals surface area contributed by atoms with E-state index in [0.717, 1.165) is 89.4 Å². The minimum atomic E-state index is 0.843. The van der Waals surface area contributed by atoms with Crippen LogP contribution in [0.5, 0.6) is 11.5 Å². The van der Waals surface area contributed by atoms with Gasteiger partial charge in [-0.05, 0) is 117 Å². The summed E-state index contributed by atoms with van der Waals surface area (Å²) in [7, 11) is 3.46. The lowest BCUT2D eigenvalue weighted by Gasteiger charge is -2.28. The number of hydrogen-bond donors (Lipinski definition) is 0. The fraction of sp³-hybridized carbons (Fsp3) is 0.0333. The van der Waals surface area contributed by atoms with Crippen molar-refractivity contribution in [3.63, 3.8) is 0 Å². The first-order chi connectivity index (χ1) is 31.6. The summed E-state index contributed by atoms with van der Waals surface area (Å²) in [5.74, 6) is 1.69. The van der Waals surface area contributed by atoms with Gasteiger partial charge >= 0.3 is 0 Å². The fourth-order valence-electron chi connectivity index (χ4n) is 9.29. The lowest BCUT2D eigenvalue weighted by Crippen LogP contribution is -2.11. The largest absolute Gasteiger partial charge is 0.497 e. The molecule has 306 valence electrons. The summed E-state index contributed by atoms with van der Waals surface area (Å²) in [6.07, 6.45) is 0. The van der Waals surface area contributed by atoms with Crippen LogP contribution in [0.1, 0.15) is 0 Å². The molecule has 0 N–H and O–H groups in total. The van der Waals surface area contributed by atoms with E-state index in [1.54, 1.807) is 14.2 Å². The number of benzene rings is 11. The molecule has 0 saturated heterocycles. The van der Waals surface area contributed by atoms with Crippen LogP contribution >= 0.6 is 0 Å². The highest BCUT2D eigenvalue weighted by atomic mass is 16.5. The Bertz CT molecular complexity index is 3450. The maximum absolute atomic E-state index is 5.95. The second-order valence-corrected chi connectivity index (χ2v) is 16.0. The fourth-order valence-corrected chi connectivity index (χ4v) is 9.29. The van der Waals surface area contributed by atoms with Gasteiger partial charge in [-0.15, -0.1) is 0 Å². The molecule has 0 fully saturated rings. The van der Waals surface area contributed by atoms with Crippen LogP contribution in [0.15, 0.2) is 231 Å². The van der Waals surface area contributed by atoms with Crippen LogP contribution in [0.4, 0.5) is 34.1 Å². The van der Waals surface area contributed by atoms with E-state index in [1.165, 1.54) is 21.5 Å². The van der Waals surface area contributed by atoms with Gasteiger partial charge in [-0.3, -0.25) is 0 Å². The third-order valence-corrected chi connectivity index (χ3v) is 12.4. The van der Waals surface area contributed by atoms with E-state index in [4.69, 9.17) is 9.47 Å². The Morgan fingerprint density at radius 2 is 0.688 bits per heavy atom. The maximum atomic E-state index is 5.95. The van der Waals surface area contributed by atoms with Gasteiger partial charge in [0, 0.05) is 32.9 Å². The van der Waals surface area contributed by atoms with E-state index in [-0.39, 0.29) is 0 Å². The molecule has 4 nitrogen and oxygen atoms in total. The monoisotopic (exact) mass is 824 g/mol. The predicted octanol–water partition coefficient (Wildman–Crippen LogP) is 16.6. The van der Waals surface area contributed by atoms with Gasteiger partial charge in [0.2, 0.25) is 0 Å². The minimum absolute atomic E-state index is 0.843. The molecule has 11 rings (SSSR count). The number of fused-ring (bicyclic) bond motifs is 4. The quantitative estimate of drug-likeness (QED) is 0.137. The predicted molar refractivity (Wildman–Crippen MR) is 270 cm³/mol. The Hall–Kier alpha value is -8.34. The Labute approximate surface area is 373 Å². The van der Waals surface area contributed by atoms with Crippen LogP contribution in [-0.4, -0.2) is 14.2 Å². The van der Waals surface area contributed by atoms with Crippen LogP contribution < -0.4 is 19.3 Å². The maximum Gasteiger partial charge on any atom is 0.128 e. The Morgan fingerprint density at radius 1 is 0.297 bits per heavy atom. The summed E-state index contributed by atoms with van der Waals surface area (Å²) in [5.41, 5.74) is 11.2. The van der Waals surface area contributed by atoms with Gasteiger partial charge < -0.3 is 19.3 Å². The van der Waals surface area contributed by atoms with Crippen LogP contribution in [0, 0.1) is 0 Å². The van der Waals surface area contributed by atoms with Crippen molar-refractivity contribution in [2.45, 2.75) is 0 Å². The second kappa shape index (κ2) is 16.5. The van der Waals surface area contributed by atoms with Gasteiger partial charge in [-0.2, -0.15) is 0 Å². The highest BCUT2D eigenvalue weighted by Crippen LogP contribution is 2.46. The molecule has 0 atom stereocenters. The van der Waals surface area contributed by atoms with Crippen molar-refractivity contribution in [2.24, 2.45) is 0 Å². The molecule has 0 radical (unpaired) electrons. The van der Waals surface area contributed by atoms with E-state index in [9.17, 15) is 0 Å². The smallest absolute Gasteiger partial charge is 0.128 e. The molecule has 0 heterocycles. The van der Waals surface area contributed by atoms with Crippen LogP contribution in [0.2, 0.25) is 0 Å². The SMILES string of the molecule is COc1ccc2c(N(c3ccc(-c4ccc(-c5ccc(N(c6cccc7ccccc67)c6cccc7cccc(OC)c67)cc5)cc4)cc3)c3cccc4ccccc34)cccc2c1. The zero-order chi connectivity index (χ0) is 43.0. The molecule has 11 aromatic rings. The zero-order valence-electron chi connectivity index (χ0n) is 35.7. The van der Waals surface area contributed by atoms with E-state index in [0.29, 0.717) is 0 Å². The van der Waals surface area contributed by atoms with Gasteiger partial charge in [0.1, 0.15) is 11.5 Å². The number of hydrogen-bond acceptors (Lipinski definition) is 4. The summed E-state index contributed by atoms with van der Waals surface area (Å²) in [6, 6.07) is 82.5. The number of methoxy groups -OCH3 is 2. The molecule has 0 aliphatic heterocycles. The number of nitrogens with zero attached hydrogens (tertiary/aromatic N) is 2. The number of ether oxygens (including phenoxy) is 2. The number of rotatable bonds is 10. The molecule has 11 aromatic carbocycles. The first-order valence-corrected chi connectivity index (χ1v) is 21.6. The van der Waals surface area contributed by atoms with Crippen molar-refractivity contribution in [1.82, 2.24) is 0 Å². The normalized spacial score (nSPS) is 11.3. The van der Waals surface area contributed by atoms with Gasteiger partial charge in [-0.1, -0.05) is 158 Å². The molecule has 0 saturated carbocycles. The van der Waals surface area contributed by atoms with Crippen LogP contribution in [-0.2, 0) is 0 Å². The van der Waals surface area contributed by atoms with Crippen molar-refractivity contribution in [3.8, 4) is 33.8 Å². The Balaban J connectivity index is 0.931. The Kier molecular flexibility index (Phi) is 9.95. The van der Waals surface area contributed by atoms with Crippen molar-refractivity contribution in [1.29, 1.82) is 0 Å². The highest BCUT2D eigenvalue weighted by molar-refractivity contribution is 6.08. The average Bonchev–Trinajstić information content (AvgIpc) is 3.37. The molecule has 0 aromatic heterocycles. The molecule has 0 aliphatic rings. The standard InChI is InChI=1S/C60H44N2O2/c1-63-51-38-39-54-48(40-51)18-10-23-57(54)61(55-21-7-14-45-12-3-5-19-52(45)55)49-34-30-43(31-35-49)41-26-28-42(29-27-41)44-32-36-50(37-33-44)62(56-22-8-15-46-13-4-6-20-53(46)56)58-24-9-16-47-17-11-25-59(64-2)60(47)58/h3-40H,1-2H3. The van der Waals surface area contributed by atoms with E-state index >= 15 is 0 Å².